The zero-order valence-electron chi connectivity index (χ0n) is 19.9. The van der Waals surface area contributed by atoms with Crippen LogP contribution in [0.4, 0.5) is 11.4 Å². The van der Waals surface area contributed by atoms with Crippen LogP contribution in [-0.4, -0.2) is 30.3 Å². The number of esters is 1. The predicted octanol–water partition coefficient (Wildman–Crippen LogP) is 5.21. The topological polar surface area (TPSA) is 92.8 Å². The molecule has 2 fully saturated rings. The first kappa shape index (κ1) is 24.7. The van der Waals surface area contributed by atoms with Gasteiger partial charge in [0.25, 0.3) is 5.91 Å². The highest BCUT2D eigenvalue weighted by atomic mass is 35.5. The highest BCUT2D eigenvalue weighted by molar-refractivity contribution is 6.30. The van der Waals surface area contributed by atoms with Crippen LogP contribution in [0.1, 0.15) is 41.1 Å². The number of carbonyl (C=O) groups is 4. The second kappa shape index (κ2) is 10.6. The lowest BCUT2D eigenvalue weighted by atomic mass is 9.73. The minimum atomic E-state index is -0.728. The number of hydrogen-bond acceptors (Lipinski definition) is 5. The number of ether oxygens (including phenoxy) is 1. The number of rotatable bonds is 6. The molecule has 0 spiro atoms. The Morgan fingerprint density at radius 3 is 2.38 bits per heavy atom. The first-order valence-corrected chi connectivity index (χ1v) is 12.5. The summed E-state index contributed by atoms with van der Waals surface area (Å²) in [7, 11) is 0. The van der Waals surface area contributed by atoms with E-state index in [-0.39, 0.29) is 35.1 Å². The third kappa shape index (κ3) is 5.27. The van der Waals surface area contributed by atoms with Gasteiger partial charge >= 0.3 is 5.97 Å². The summed E-state index contributed by atoms with van der Waals surface area (Å²) in [5.41, 5.74) is 2.19. The Morgan fingerprint density at radius 2 is 1.62 bits per heavy atom. The van der Waals surface area contributed by atoms with E-state index in [0.29, 0.717) is 29.2 Å². The third-order valence-electron chi connectivity index (χ3n) is 7.00. The Bertz CT molecular complexity index is 1340. The van der Waals surface area contributed by atoms with Gasteiger partial charge in [-0.3, -0.25) is 19.3 Å². The van der Waals surface area contributed by atoms with Crippen molar-refractivity contribution in [2.75, 3.05) is 16.8 Å². The average Bonchev–Trinajstić information content (AvgIpc) is 3.18. The summed E-state index contributed by atoms with van der Waals surface area (Å²) in [6, 6.07) is 22.8. The maximum Gasteiger partial charge on any atom is 0.338 e. The van der Waals surface area contributed by atoms with Crippen LogP contribution in [0, 0.1) is 11.8 Å². The first-order valence-electron chi connectivity index (χ1n) is 12.2. The molecule has 3 aromatic carbocycles. The number of amides is 3. The summed E-state index contributed by atoms with van der Waals surface area (Å²) in [6.07, 6.45) is 2.12. The highest BCUT2D eigenvalue weighted by Gasteiger charge is 2.50. The molecule has 5 rings (SSSR count). The van der Waals surface area contributed by atoms with E-state index in [1.165, 1.54) is 22.6 Å². The second-order valence-corrected chi connectivity index (χ2v) is 9.76. The van der Waals surface area contributed by atoms with Gasteiger partial charge < -0.3 is 10.1 Å². The number of carbonyl (C=O) groups excluding carboxylic acids is 4. The van der Waals surface area contributed by atoms with Gasteiger partial charge in [0.05, 0.1) is 23.1 Å². The number of hydrogen-bond donors (Lipinski definition) is 1. The number of anilines is 2. The van der Waals surface area contributed by atoms with Crippen molar-refractivity contribution in [2.45, 2.75) is 25.2 Å². The van der Waals surface area contributed by atoms with Crippen LogP contribution in [0.5, 0.6) is 0 Å². The molecule has 3 atom stereocenters. The van der Waals surface area contributed by atoms with Crippen molar-refractivity contribution in [3.05, 3.63) is 95.0 Å². The van der Waals surface area contributed by atoms with Crippen molar-refractivity contribution in [1.82, 2.24) is 0 Å². The molecule has 1 heterocycles. The van der Waals surface area contributed by atoms with Crippen LogP contribution in [0.25, 0.3) is 0 Å². The fourth-order valence-electron chi connectivity index (χ4n) is 5.18. The predicted molar refractivity (Wildman–Crippen MR) is 139 cm³/mol. The van der Waals surface area contributed by atoms with Gasteiger partial charge in [-0.25, -0.2) is 4.79 Å². The fourth-order valence-corrected chi connectivity index (χ4v) is 5.30. The van der Waals surface area contributed by atoms with Crippen molar-refractivity contribution in [3.8, 4) is 0 Å². The first-order chi connectivity index (χ1) is 17.9. The summed E-state index contributed by atoms with van der Waals surface area (Å²) in [5, 5.41) is 3.15. The molecule has 0 aromatic heterocycles. The van der Waals surface area contributed by atoms with E-state index in [1.807, 2.05) is 18.2 Å². The number of nitrogens with zero attached hydrogens (tertiary/aromatic N) is 1. The van der Waals surface area contributed by atoms with Gasteiger partial charge in [-0.05, 0) is 73.2 Å². The average molecular weight is 517 g/mol. The van der Waals surface area contributed by atoms with Crippen LogP contribution < -0.4 is 10.2 Å². The SMILES string of the molecule is O=C(COC(=O)c1cccc(N2C(=O)[C@H]3C[C@@H](c4ccccc4)CC[C@H]3C2=O)c1)Nc1ccc(Cl)cc1. The summed E-state index contributed by atoms with van der Waals surface area (Å²) < 4.78 is 5.15. The van der Waals surface area contributed by atoms with Crippen LogP contribution in [0.3, 0.4) is 0 Å². The molecule has 1 saturated carbocycles. The molecule has 37 heavy (non-hydrogen) atoms. The largest absolute Gasteiger partial charge is 0.452 e. The molecule has 3 amide bonds. The van der Waals surface area contributed by atoms with Gasteiger partial charge in [0.15, 0.2) is 6.61 Å². The Labute approximate surface area is 219 Å². The lowest BCUT2D eigenvalue weighted by Gasteiger charge is -2.28. The normalized spacial score (nSPS) is 20.9. The van der Waals surface area contributed by atoms with E-state index < -0.39 is 18.5 Å². The van der Waals surface area contributed by atoms with Crippen LogP contribution in [0.2, 0.25) is 5.02 Å². The van der Waals surface area contributed by atoms with Crippen molar-refractivity contribution in [3.63, 3.8) is 0 Å². The van der Waals surface area contributed by atoms with Crippen molar-refractivity contribution < 1.29 is 23.9 Å². The van der Waals surface area contributed by atoms with Crippen LogP contribution in [-0.2, 0) is 19.1 Å². The Hall–Kier alpha value is -3.97. The summed E-state index contributed by atoms with van der Waals surface area (Å²) in [6.45, 7) is -0.488. The molecule has 3 aromatic rings. The van der Waals surface area contributed by atoms with E-state index in [2.05, 4.69) is 17.4 Å². The van der Waals surface area contributed by atoms with Crippen molar-refractivity contribution in [1.29, 1.82) is 0 Å². The number of benzene rings is 3. The molecule has 1 aliphatic heterocycles. The van der Waals surface area contributed by atoms with E-state index >= 15 is 0 Å². The Morgan fingerprint density at radius 1 is 0.892 bits per heavy atom. The minimum absolute atomic E-state index is 0.148. The number of nitrogens with one attached hydrogen (secondary N) is 1. The third-order valence-corrected chi connectivity index (χ3v) is 7.25. The van der Waals surface area contributed by atoms with Crippen LogP contribution in [0.15, 0.2) is 78.9 Å². The molecule has 188 valence electrons. The Kier molecular flexibility index (Phi) is 7.06. The highest BCUT2D eigenvalue weighted by Crippen LogP contribution is 2.45. The molecular formula is C29H25ClN2O5. The van der Waals surface area contributed by atoms with Gasteiger partial charge in [0.1, 0.15) is 0 Å². The van der Waals surface area contributed by atoms with Gasteiger partial charge in [0.2, 0.25) is 11.8 Å². The summed E-state index contributed by atoms with van der Waals surface area (Å²) in [4.78, 5) is 52.5. The molecule has 7 nitrogen and oxygen atoms in total. The molecule has 0 unspecified atom stereocenters. The van der Waals surface area contributed by atoms with E-state index in [9.17, 15) is 19.2 Å². The zero-order valence-corrected chi connectivity index (χ0v) is 20.7. The van der Waals surface area contributed by atoms with Crippen LogP contribution >= 0.6 is 11.6 Å². The maximum absolute atomic E-state index is 13.3. The summed E-state index contributed by atoms with van der Waals surface area (Å²) >= 11 is 5.84. The lowest BCUT2D eigenvalue weighted by molar-refractivity contribution is -0.122. The molecule has 8 heteroatoms. The standard InChI is InChI=1S/C29H25ClN2O5/c30-21-10-12-22(13-11-21)31-26(33)17-37-29(36)20-7-4-8-23(15-20)32-27(34)24-14-9-19(16-25(24)28(32)35)18-5-2-1-3-6-18/h1-8,10-13,15,19,24-25H,9,14,16-17H2,(H,31,33)/t19-,24+,25-/m0/s1. The summed E-state index contributed by atoms with van der Waals surface area (Å²) in [5.74, 6) is -2.18. The van der Waals surface area contributed by atoms with E-state index in [4.69, 9.17) is 16.3 Å². The van der Waals surface area contributed by atoms with Gasteiger partial charge in [-0.1, -0.05) is 48.0 Å². The molecule has 0 bridgehead atoms. The second-order valence-electron chi connectivity index (χ2n) is 9.33. The molecule has 1 aliphatic carbocycles. The zero-order chi connectivity index (χ0) is 25.9. The molecule has 1 N–H and O–H groups in total. The van der Waals surface area contributed by atoms with Crippen molar-refractivity contribution in [2.24, 2.45) is 11.8 Å². The molecule has 2 aliphatic rings. The fraction of sp³-hybridized carbons (Fsp3) is 0.241. The quantitative estimate of drug-likeness (QED) is 0.358. The maximum atomic E-state index is 13.3. The number of imide groups is 1. The van der Waals surface area contributed by atoms with Gasteiger partial charge in [-0.15, -0.1) is 0 Å². The monoisotopic (exact) mass is 516 g/mol. The molecule has 0 radical (unpaired) electrons. The lowest BCUT2D eigenvalue weighted by Crippen LogP contribution is -2.31. The van der Waals surface area contributed by atoms with E-state index in [0.717, 1.165) is 6.42 Å². The molecule has 1 saturated heterocycles. The smallest absolute Gasteiger partial charge is 0.338 e. The Balaban J connectivity index is 1.24. The minimum Gasteiger partial charge on any atom is -0.452 e. The molecular weight excluding hydrogens is 492 g/mol. The van der Waals surface area contributed by atoms with Crippen molar-refractivity contribution >= 4 is 46.7 Å². The number of fused-ring (bicyclic) bond motifs is 1. The number of halogens is 1. The van der Waals surface area contributed by atoms with Gasteiger partial charge in [-0.2, -0.15) is 0 Å². The van der Waals surface area contributed by atoms with E-state index in [1.54, 1.807) is 36.4 Å². The van der Waals surface area contributed by atoms with Gasteiger partial charge in [0, 0.05) is 10.7 Å².